The maximum absolute atomic E-state index is 5.80. The van der Waals surface area contributed by atoms with Crippen molar-refractivity contribution in [3.8, 4) is 10.6 Å². The molecule has 3 nitrogen and oxygen atoms in total. The first-order chi connectivity index (χ1) is 9.31. The maximum Gasteiger partial charge on any atom is 0.134 e. The molecule has 0 saturated heterocycles. The van der Waals surface area contributed by atoms with E-state index in [1.807, 2.05) is 36.4 Å². The van der Waals surface area contributed by atoms with Crippen LogP contribution in [0, 0.1) is 0 Å². The van der Waals surface area contributed by atoms with Gasteiger partial charge in [0.2, 0.25) is 0 Å². The molecule has 19 heavy (non-hydrogen) atoms. The summed E-state index contributed by atoms with van der Waals surface area (Å²) in [6, 6.07) is 13.8. The van der Waals surface area contributed by atoms with Crippen molar-refractivity contribution in [2.45, 2.75) is 0 Å². The fourth-order valence-corrected chi connectivity index (χ4v) is 3.23. The Balaban J connectivity index is 1.99. The van der Waals surface area contributed by atoms with Gasteiger partial charge in [-0.15, -0.1) is 11.3 Å². The molecule has 0 saturated carbocycles. The number of fused-ring (bicyclic) bond motifs is 2. The smallest absolute Gasteiger partial charge is 0.134 e. The Morgan fingerprint density at radius 3 is 2.95 bits per heavy atom. The van der Waals surface area contributed by atoms with Gasteiger partial charge < -0.3 is 10.2 Å². The van der Waals surface area contributed by atoms with E-state index in [1.54, 1.807) is 17.6 Å². The highest BCUT2D eigenvalue weighted by atomic mass is 32.1. The molecule has 2 N–H and O–H groups in total. The largest absolute Gasteiger partial charge is 0.464 e. The van der Waals surface area contributed by atoms with E-state index >= 15 is 0 Å². The van der Waals surface area contributed by atoms with Gasteiger partial charge >= 0.3 is 0 Å². The van der Waals surface area contributed by atoms with Crippen molar-refractivity contribution in [1.29, 1.82) is 0 Å². The molecule has 4 heteroatoms. The van der Waals surface area contributed by atoms with E-state index in [9.17, 15) is 0 Å². The molecule has 0 unspecified atom stereocenters. The number of hydrogen-bond acceptors (Lipinski definition) is 4. The summed E-state index contributed by atoms with van der Waals surface area (Å²) in [7, 11) is 0. The fraction of sp³-hybridized carbons (Fsp3) is 0. The third kappa shape index (κ3) is 1.61. The first kappa shape index (κ1) is 10.6. The van der Waals surface area contributed by atoms with Gasteiger partial charge in [-0.3, -0.25) is 0 Å². The minimum absolute atomic E-state index is 0.764. The molecule has 0 aliphatic carbocycles. The van der Waals surface area contributed by atoms with Gasteiger partial charge in [-0.25, -0.2) is 4.98 Å². The summed E-state index contributed by atoms with van der Waals surface area (Å²) >= 11 is 1.63. The molecule has 92 valence electrons. The first-order valence-electron chi connectivity index (χ1n) is 5.94. The second-order valence-corrected chi connectivity index (χ2v) is 5.42. The van der Waals surface area contributed by atoms with Gasteiger partial charge in [0.05, 0.1) is 15.8 Å². The van der Waals surface area contributed by atoms with Gasteiger partial charge in [-0.1, -0.05) is 18.2 Å². The zero-order valence-electron chi connectivity index (χ0n) is 9.96. The van der Waals surface area contributed by atoms with E-state index in [0.717, 1.165) is 37.4 Å². The third-order valence-electron chi connectivity index (χ3n) is 3.12. The molecule has 0 radical (unpaired) electrons. The van der Waals surface area contributed by atoms with Crippen LogP contribution in [-0.4, -0.2) is 4.98 Å². The summed E-state index contributed by atoms with van der Waals surface area (Å²) in [6.45, 7) is 0. The van der Waals surface area contributed by atoms with Gasteiger partial charge in [-0.2, -0.15) is 0 Å². The first-order valence-corrected chi connectivity index (χ1v) is 6.75. The SMILES string of the molecule is Nc1ccc2nc(-c3coc4ccccc34)sc2c1. The second-order valence-electron chi connectivity index (χ2n) is 4.39. The van der Waals surface area contributed by atoms with Crippen molar-refractivity contribution >= 4 is 38.2 Å². The molecular weight excluding hydrogens is 256 g/mol. The summed E-state index contributed by atoms with van der Waals surface area (Å²) in [5.41, 5.74) is 9.46. The van der Waals surface area contributed by atoms with Crippen LogP contribution in [0.25, 0.3) is 31.8 Å². The van der Waals surface area contributed by atoms with Crippen LogP contribution < -0.4 is 5.73 Å². The Kier molecular flexibility index (Phi) is 2.13. The van der Waals surface area contributed by atoms with Crippen LogP contribution in [0.3, 0.4) is 0 Å². The Bertz CT molecular complexity index is 891. The van der Waals surface area contributed by atoms with E-state index in [1.165, 1.54) is 0 Å². The molecule has 4 rings (SSSR count). The standard InChI is InChI=1S/C15H10N2OS/c16-9-5-6-12-14(7-9)19-15(17-12)11-8-18-13-4-2-1-3-10(11)13/h1-8H,16H2. The molecule has 0 spiro atoms. The van der Waals surface area contributed by atoms with Crippen LogP contribution >= 0.6 is 11.3 Å². The number of hydrogen-bond donors (Lipinski definition) is 1. The lowest BCUT2D eigenvalue weighted by atomic mass is 10.2. The molecule has 2 aromatic heterocycles. The predicted molar refractivity (Wildman–Crippen MR) is 79.2 cm³/mol. The van der Waals surface area contributed by atoms with Crippen molar-refractivity contribution < 1.29 is 4.42 Å². The Labute approximate surface area is 113 Å². The Morgan fingerprint density at radius 2 is 2.00 bits per heavy atom. The van der Waals surface area contributed by atoms with Crippen LogP contribution in [0.1, 0.15) is 0 Å². The molecule has 0 aliphatic rings. The van der Waals surface area contributed by atoms with Crippen LogP contribution in [0.5, 0.6) is 0 Å². The summed E-state index contributed by atoms with van der Waals surface area (Å²) in [6.07, 6.45) is 1.77. The average molecular weight is 266 g/mol. The van der Waals surface area contributed by atoms with Crippen LogP contribution in [0.15, 0.2) is 53.1 Å². The normalized spacial score (nSPS) is 11.4. The monoisotopic (exact) mass is 266 g/mol. The van der Waals surface area contributed by atoms with Crippen molar-refractivity contribution in [3.63, 3.8) is 0 Å². The number of rotatable bonds is 1. The molecule has 2 aromatic carbocycles. The number of anilines is 1. The van der Waals surface area contributed by atoms with E-state index in [2.05, 4.69) is 11.1 Å². The lowest BCUT2D eigenvalue weighted by Gasteiger charge is -1.90. The molecule has 2 heterocycles. The van der Waals surface area contributed by atoms with Gasteiger partial charge in [0.1, 0.15) is 16.9 Å². The molecule has 0 aliphatic heterocycles. The number of nitrogens with zero attached hydrogens (tertiary/aromatic N) is 1. The minimum atomic E-state index is 0.764. The zero-order chi connectivity index (χ0) is 12.8. The molecule has 0 fully saturated rings. The van der Waals surface area contributed by atoms with E-state index in [-0.39, 0.29) is 0 Å². The summed E-state index contributed by atoms with van der Waals surface area (Å²) < 4.78 is 6.66. The minimum Gasteiger partial charge on any atom is -0.464 e. The third-order valence-corrected chi connectivity index (χ3v) is 4.18. The highest BCUT2D eigenvalue weighted by Gasteiger charge is 2.12. The average Bonchev–Trinajstić information content (AvgIpc) is 3.00. The van der Waals surface area contributed by atoms with Gasteiger partial charge in [0, 0.05) is 11.1 Å². The maximum atomic E-state index is 5.80. The lowest BCUT2D eigenvalue weighted by molar-refractivity contribution is 0.617. The summed E-state index contributed by atoms with van der Waals surface area (Å²) in [5.74, 6) is 0. The second kappa shape index (κ2) is 3.83. The van der Waals surface area contributed by atoms with Crippen LogP contribution in [-0.2, 0) is 0 Å². The van der Waals surface area contributed by atoms with E-state index < -0.39 is 0 Å². The molecule has 0 bridgehead atoms. The van der Waals surface area contributed by atoms with Crippen molar-refractivity contribution in [2.75, 3.05) is 5.73 Å². The van der Waals surface area contributed by atoms with Gasteiger partial charge in [0.15, 0.2) is 0 Å². The molecule has 0 atom stereocenters. The zero-order valence-corrected chi connectivity index (χ0v) is 10.8. The van der Waals surface area contributed by atoms with Crippen LogP contribution in [0.2, 0.25) is 0 Å². The lowest BCUT2D eigenvalue weighted by Crippen LogP contribution is -1.81. The molecule has 0 amide bonds. The predicted octanol–water partition coefficient (Wildman–Crippen LogP) is 4.29. The van der Waals surface area contributed by atoms with Crippen molar-refractivity contribution in [3.05, 3.63) is 48.7 Å². The van der Waals surface area contributed by atoms with Gasteiger partial charge in [0.25, 0.3) is 0 Å². The summed E-state index contributed by atoms with van der Waals surface area (Å²) in [5, 5.41) is 2.06. The van der Waals surface area contributed by atoms with Crippen LogP contribution in [0.4, 0.5) is 5.69 Å². The highest BCUT2D eigenvalue weighted by Crippen LogP contribution is 2.36. The fourth-order valence-electron chi connectivity index (χ4n) is 2.20. The van der Waals surface area contributed by atoms with Crippen molar-refractivity contribution in [2.24, 2.45) is 0 Å². The Hall–Kier alpha value is -2.33. The van der Waals surface area contributed by atoms with Gasteiger partial charge in [-0.05, 0) is 24.3 Å². The molecular formula is C15H10N2OS. The number of nitrogens with two attached hydrogens (primary N) is 1. The number of furan rings is 1. The number of thiazole rings is 1. The topological polar surface area (TPSA) is 52.0 Å². The number of benzene rings is 2. The number of nitrogen functional groups attached to an aromatic ring is 1. The van der Waals surface area contributed by atoms with Crippen molar-refractivity contribution in [1.82, 2.24) is 4.98 Å². The number of aromatic nitrogens is 1. The Morgan fingerprint density at radius 1 is 1.11 bits per heavy atom. The van der Waals surface area contributed by atoms with E-state index in [0.29, 0.717) is 0 Å². The molecule has 4 aromatic rings. The summed E-state index contributed by atoms with van der Waals surface area (Å²) in [4.78, 5) is 4.65. The number of para-hydroxylation sites is 1. The highest BCUT2D eigenvalue weighted by molar-refractivity contribution is 7.21. The quantitative estimate of drug-likeness (QED) is 0.523. The van der Waals surface area contributed by atoms with E-state index in [4.69, 9.17) is 10.2 Å².